The maximum absolute atomic E-state index is 10.3. The van der Waals surface area contributed by atoms with Crippen LogP contribution < -0.4 is 0 Å². The standard InChI is InChI=1S/C8H5NO2/c9-4-7-3-8(11)2-1-6(7)5-10/h1-3,5,11H. The number of carbonyl (C=O) groups is 1. The highest BCUT2D eigenvalue weighted by Gasteiger charge is 2.00. The van der Waals surface area contributed by atoms with Gasteiger partial charge >= 0.3 is 0 Å². The summed E-state index contributed by atoms with van der Waals surface area (Å²) in [6.07, 6.45) is 0.581. The zero-order chi connectivity index (χ0) is 8.27. The van der Waals surface area contributed by atoms with E-state index >= 15 is 0 Å². The summed E-state index contributed by atoms with van der Waals surface area (Å²) in [6.45, 7) is 0. The minimum atomic E-state index is -0.00727. The van der Waals surface area contributed by atoms with E-state index in [0.717, 1.165) is 0 Å². The maximum Gasteiger partial charge on any atom is 0.151 e. The summed E-state index contributed by atoms with van der Waals surface area (Å²) >= 11 is 0. The second-order valence-corrected chi connectivity index (χ2v) is 2.00. The van der Waals surface area contributed by atoms with Crippen LogP contribution in [0.1, 0.15) is 15.9 Å². The summed E-state index contributed by atoms with van der Waals surface area (Å²) in [6, 6.07) is 5.82. The summed E-state index contributed by atoms with van der Waals surface area (Å²) in [5.74, 6) is -0.00727. The number of carbonyl (C=O) groups excluding carboxylic acids is 1. The van der Waals surface area contributed by atoms with Crippen molar-refractivity contribution in [3.05, 3.63) is 29.3 Å². The molecule has 1 N–H and O–H groups in total. The lowest BCUT2D eigenvalue weighted by atomic mass is 10.1. The van der Waals surface area contributed by atoms with Crippen molar-refractivity contribution in [2.75, 3.05) is 0 Å². The van der Waals surface area contributed by atoms with E-state index in [4.69, 9.17) is 10.4 Å². The van der Waals surface area contributed by atoms with Crippen molar-refractivity contribution in [2.45, 2.75) is 0 Å². The Morgan fingerprint density at radius 2 is 2.27 bits per heavy atom. The Labute approximate surface area is 63.5 Å². The molecule has 54 valence electrons. The lowest BCUT2D eigenvalue weighted by molar-refractivity contribution is 0.112. The number of aromatic hydroxyl groups is 1. The molecule has 1 rings (SSSR count). The number of phenols is 1. The fraction of sp³-hybridized carbons (Fsp3) is 0. The molecule has 0 heterocycles. The Hall–Kier alpha value is -1.82. The molecule has 0 saturated carbocycles. The van der Waals surface area contributed by atoms with Crippen molar-refractivity contribution in [2.24, 2.45) is 0 Å². The van der Waals surface area contributed by atoms with Gasteiger partial charge in [0.25, 0.3) is 0 Å². The van der Waals surface area contributed by atoms with E-state index in [1.807, 2.05) is 0 Å². The van der Waals surface area contributed by atoms with Gasteiger partial charge in [-0.05, 0) is 18.2 Å². The lowest BCUT2D eigenvalue weighted by Crippen LogP contribution is -1.85. The first-order valence-electron chi connectivity index (χ1n) is 2.96. The van der Waals surface area contributed by atoms with Gasteiger partial charge in [0, 0.05) is 5.56 Å². The Bertz CT molecular complexity index is 325. The number of nitrogens with zero attached hydrogens (tertiary/aromatic N) is 1. The first-order chi connectivity index (χ1) is 5.27. The minimum absolute atomic E-state index is 0.00727. The van der Waals surface area contributed by atoms with E-state index in [-0.39, 0.29) is 11.3 Å². The monoisotopic (exact) mass is 147 g/mol. The number of rotatable bonds is 1. The van der Waals surface area contributed by atoms with Crippen LogP contribution in [-0.2, 0) is 0 Å². The Morgan fingerprint density at radius 3 is 2.82 bits per heavy atom. The van der Waals surface area contributed by atoms with Crippen molar-refractivity contribution in [1.29, 1.82) is 5.26 Å². The summed E-state index contributed by atoms with van der Waals surface area (Å²) in [5.41, 5.74) is 0.491. The van der Waals surface area contributed by atoms with Crippen LogP contribution in [0.2, 0.25) is 0 Å². The van der Waals surface area contributed by atoms with Crippen molar-refractivity contribution in [3.8, 4) is 11.8 Å². The van der Waals surface area contributed by atoms with E-state index < -0.39 is 0 Å². The van der Waals surface area contributed by atoms with Gasteiger partial charge in [-0.2, -0.15) is 5.26 Å². The third-order valence-electron chi connectivity index (χ3n) is 1.28. The lowest BCUT2D eigenvalue weighted by Gasteiger charge is -1.94. The summed E-state index contributed by atoms with van der Waals surface area (Å²) in [7, 11) is 0. The molecule has 0 radical (unpaired) electrons. The minimum Gasteiger partial charge on any atom is -0.508 e. The zero-order valence-corrected chi connectivity index (χ0v) is 5.61. The van der Waals surface area contributed by atoms with Crippen LogP contribution in [0.15, 0.2) is 18.2 Å². The molecule has 0 unspecified atom stereocenters. The SMILES string of the molecule is N#Cc1cc(O)ccc1C=O. The molecule has 0 amide bonds. The van der Waals surface area contributed by atoms with Crippen LogP contribution in [0.3, 0.4) is 0 Å². The Morgan fingerprint density at radius 1 is 1.55 bits per heavy atom. The predicted molar refractivity (Wildman–Crippen MR) is 38.2 cm³/mol. The van der Waals surface area contributed by atoms with Crippen LogP contribution in [0, 0.1) is 11.3 Å². The molecule has 3 nitrogen and oxygen atoms in total. The first-order valence-corrected chi connectivity index (χ1v) is 2.96. The number of hydrogen-bond donors (Lipinski definition) is 1. The average molecular weight is 147 g/mol. The number of nitriles is 1. The quantitative estimate of drug-likeness (QED) is 0.604. The molecule has 3 heteroatoms. The molecule has 0 aromatic heterocycles. The Balaban J connectivity index is 3.30. The van der Waals surface area contributed by atoms with Crippen molar-refractivity contribution in [1.82, 2.24) is 0 Å². The molecule has 0 atom stereocenters. The van der Waals surface area contributed by atoms with Gasteiger partial charge in [-0.15, -0.1) is 0 Å². The molecule has 1 aromatic carbocycles. The summed E-state index contributed by atoms with van der Waals surface area (Å²) in [4.78, 5) is 10.3. The first kappa shape index (κ1) is 7.29. The molecule has 0 saturated heterocycles. The van der Waals surface area contributed by atoms with Crippen LogP contribution in [0.5, 0.6) is 5.75 Å². The maximum atomic E-state index is 10.3. The van der Waals surface area contributed by atoms with Gasteiger partial charge in [0.1, 0.15) is 11.8 Å². The van der Waals surface area contributed by atoms with E-state index in [2.05, 4.69) is 0 Å². The van der Waals surface area contributed by atoms with Crippen molar-refractivity contribution < 1.29 is 9.90 Å². The molecular weight excluding hydrogens is 142 g/mol. The van der Waals surface area contributed by atoms with Gasteiger partial charge in [0.2, 0.25) is 0 Å². The molecule has 0 bridgehead atoms. The third kappa shape index (κ3) is 1.36. The molecule has 11 heavy (non-hydrogen) atoms. The topological polar surface area (TPSA) is 61.1 Å². The zero-order valence-electron chi connectivity index (χ0n) is 5.61. The highest BCUT2D eigenvalue weighted by atomic mass is 16.3. The van der Waals surface area contributed by atoms with Gasteiger partial charge in [-0.3, -0.25) is 4.79 Å². The third-order valence-corrected chi connectivity index (χ3v) is 1.28. The van der Waals surface area contributed by atoms with Crippen LogP contribution in [0.4, 0.5) is 0 Å². The van der Waals surface area contributed by atoms with E-state index in [0.29, 0.717) is 11.8 Å². The highest BCUT2D eigenvalue weighted by molar-refractivity contribution is 5.79. The smallest absolute Gasteiger partial charge is 0.151 e. The van der Waals surface area contributed by atoms with Crippen LogP contribution >= 0.6 is 0 Å². The van der Waals surface area contributed by atoms with Gasteiger partial charge in [0.15, 0.2) is 6.29 Å². The summed E-state index contributed by atoms with van der Waals surface area (Å²) in [5, 5.41) is 17.4. The van der Waals surface area contributed by atoms with Crippen LogP contribution in [-0.4, -0.2) is 11.4 Å². The molecule has 0 aliphatic carbocycles. The Kier molecular flexibility index (Phi) is 1.88. The number of aldehydes is 1. The molecular formula is C8H5NO2. The van der Waals surface area contributed by atoms with Gasteiger partial charge in [0.05, 0.1) is 5.56 Å². The fourth-order valence-electron chi connectivity index (χ4n) is 0.744. The fourth-order valence-corrected chi connectivity index (χ4v) is 0.744. The van der Waals surface area contributed by atoms with E-state index in [1.165, 1.54) is 18.2 Å². The number of hydrogen-bond acceptors (Lipinski definition) is 3. The van der Waals surface area contributed by atoms with Gasteiger partial charge < -0.3 is 5.11 Å². The van der Waals surface area contributed by atoms with E-state index in [1.54, 1.807) is 6.07 Å². The summed E-state index contributed by atoms with van der Waals surface area (Å²) < 4.78 is 0. The highest BCUT2D eigenvalue weighted by Crippen LogP contribution is 2.13. The molecule has 0 aliphatic rings. The number of phenolic OH excluding ortho intramolecular Hbond substituents is 1. The van der Waals surface area contributed by atoms with Gasteiger partial charge in [-0.1, -0.05) is 0 Å². The van der Waals surface area contributed by atoms with Crippen LogP contribution in [0.25, 0.3) is 0 Å². The van der Waals surface area contributed by atoms with E-state index in [9.17, 15) is 4.79 Å². The number of benzene rings is 1. The molecule has 0 spiro atoms. The van der Waals surface area contributed by atoms with Crippen molar-refractivity contribution >= 4 is 6.29 Å². The predicted octanol–water partition coefficient (Wildman–Crippen LogP) is 1.08. The second kappa shape index (κ2) is 2.84. The molecule has 0 fully saturated rings. The second-order valence-electron chi connectivity index (χ2n) is 2.00. The average Bonchev–Trinajstić information content (AvgIpc) is 2.04. The normalized spacial score (nSPS) is 8.64. The molecule has 0 aliphatic heterocycles. The largest absolute Gasteiger partial charge is 0.508 e. The van der Waals surface area contributed by atoms with Gasteiger partial charge in [-0.25, -0.2) is 0 Å². The van der Waals surface area contributed by atoms with Crippen molar-refractivity contribution in [3.63, 3.8) is 0 Å². The molecule has 1 aromatic rings.